The largest absolute Gasteiger partial charge is 0.208 e. The van der Waals surface area contributed by atoms with Gasteiger partial charge in [-0.25, -0.2) is 15.0 Å². The topological polar surface area (TPSA) is 38.7 Å². The van der Waals surface area contributed by atoms with E-state index in [0.29, 0.717) is 17.5 Å². The second-order valence-corrected chi connectivity index (χ2v) is 15.4. The van der Waals surface area contributed by atoms with Crippen LogP contribution in [0.4, 0.5) is 0 Å². The molecule has 4 heteroatoms. The van der Waals surface area contributed by atoms with Crippen molar-refractivity contribution in [3.63, 3.8) is 0 Å². The monoisotopic (exact) mass is 743 g/mol. The van der Waals surface area contributed by atoms with Gasteiger partial charge in [0, 0.05) is 26.5 Å². The van der Waals surface area contributed by atoms with Crippen molar-refractivity contribution in [2.45, 2.75) is 9.79 Å². The van der Waals surface area contributed by atoms with Gasteiger partial charge in [0.05, 0.1) is 0 Å². The number of rotatable bonds is 5. The number of hydrogen-bond acceptors (Lipinski definition) is 4. The van der Waals surface area contributed by atoms with E-state index in [1.165, 1.54) is 53.8 Å². The van der Waals surface area contributed by atoms with Gasteiger partial charge in [-0.1, -0.05) is 188 Å². The van der Waals surface area contributed by atoms with Crippen molar-refractivity contribution in [1.29, 1.82) is 0 Å². The molecule has 0 aliphatic carbocycles. The van der Waals surface area contributed by atoms with Crippen LogP contribution in [0.15, 0.2) is 210 Å². The minimum Gasteiger partial charge on any atom is -0.208 e. The highest BCUT2D eigenvalue weighted by atomic mass is 32.2. The predicted octanol–water partition coefficient (Wildman–Crippen LogP) is 14.3. The van der Waals surface area contributed by atoms with Gasteiger partial charge < -0.3 is 0 Å². The fraction of sp³-hybridized carbons (Fsp3) is 0. The lowest BCUT2D eigenvalue weighted by molar-refractivity contribution is 1.07. The summed E-state index contributed by atoms with van der Waals surface area (Å²) in [5, 5.41) is 4.85. The standard InChI is InChI=1S/C53H33N3S/c1-2-13-34(14-3-1)38-19-8-21-40(31-38)51-54-52(56-53(55-51)42-30-29-35-15-4-5-16-37(35)32-42)41-22-9-20-39(33-41)43-24-12-27-47-46-26-11-18-36-17-10-25-45(49(36)46)44-23-6-7-28-48(44)57-50(43)47/h1-33H. The van der Waals surface area contributed by atoms with E-state index in [-0.39, 0.29) is 0 Å². The average Bonchev–Trinajstić information content (AvgIpc) is 3.28. The van der Waals surface area contributed by atoms with Gasteiger partial charge in [-0.05, 0) is 90.3 Å². The first kappa shape index (κ1) is 33.2. The van der Waals surface area contributed by atoms with Crippen LogP contribution < -0.4 is 0 Å². The van der Waals surface area contributed by atoms with Gasteiger partial charge >= 0.3 is 0 Å². The summed E-state index contributed by atoms with van der Waals surface area (Å²) >= 11 is 1.85. The first-order valence-electron chi connectivity index (χ1n) is 19.2. The summed E-state index contributed by atoms with van der Waals surface area (Å²) in [7, 11) is 0. The summed E-state index contributed by atoms with van der Waals surface area (Å²) in [6, 6.07) is 71.2. The Bertz CT molecular complexity index is 3170. The van der Waals surface area contributed by atoms with Crippen molar-refractivity contribution in [2.24, 2.45) is 0 Å². The van der Waals surface area contributed by atoms with Crippen LogP contribution in [0, 0.1) is 0 Å². The van der Waals surface area contributed by atoms with Gasteiger partial charge in [-0.2, -0.15) is 0 Å². The molecule has 0 radical (unpaired) electrons. The highest BCUT2D eigenvalue weighted by Gasteiger charge is 2.22. The van der Waals surface area contributed by atoms with E-state index in [2.05, 4.69) is 194 Å². The van der Waals surface area contributed by atoms with E-state index in [0.717, 1.165) is 38.8 Å². The molecule has 1 aliphatic heterocycles. The fourth-order valence-electron chi connectivity index (χ4n) is 8.15. The van der Waals surface area contributed by atoms with E-state index in [4.69, 9.17) is 15.0 Å². The van der Waals surface area contributed by atoms with Crippen molar-refractivity contribution < 1.29 is 0 Å². The molecule has 0 spiro atoms. The lowest BCUT2D eigenvalue weighted by Gasteiger charge is -2.22. The van der Waals surface area contributed by atoms with Crippen LogP contribution in [0.25, 0.3) is 100 Å². The summed E-state index contributed by atoms with van der Waals surface area (Å²) < 4.78 is 0. The zero-order chi connectivity index (χ0) is 37.7. The summed E-state index contributed by atoms with van der Waals surface area (Å²) in [5.41, 5.74) is 12.4. The van der Waals surface area contributed by atoms with E-state index in [1.807, 2.05) is 17.8 Å². The van der Waals surface area contributed by atoms with E-state index in [9.17, 15) is 0 Å². The minimum atomic E-state index is 0.630. The third-order valence-corrected chi connectivity index (χ3v) is 12.1. The van der Waals surface area contributed by atoms with Crippen molar-refractivity contribution in [3.8, 4) is 78.7 Å². The molecule has 3 nitrogen and oxygen atoms in total. The molecule has 266 valence electrons. The highest BCUT2D eigenvalue weighted by Crippen LogP contribution is 2.51. The Kier molecular flexibility index (Phi) is 8.08. The maximum atomic E-state index is 5.20. The molecule has 0 amide bonds. The maximum Gasteiger partial charge on any atom is 0.164 e. The van der Waals surface area contributed by atoms with Crippen molar-refractivity contribution in [1.82, 2.24) is 15.0 Å². The normalized spacial score (nSPS) is 11.8. The van der Waals surface area contributed by atoms with E-state index >= 15 is 0 Å². The lowest BCUT2D eigenvalue weighted by atomic mass is 9.90. The third kappa shape index (κ3) is 5.99. The Hall–Kier alpha value is -7.14. The Balaban J connectivity index is 1.09. The van der Waals surface area contributed by atoms with E-state index < -0.39 is 0 Å². The molecule has 10 aromatic rings. The molecular formula is C53H33N3S. The van der Waals surface area contributed by atoms with Crippen LogP contribution in [0.2, 0.25) is 0 Å². The van der Waals surface area contributed by atoms with Gasteiger partial charge in [-0.15, -0.1) is 0 Å². The fourth-order valence-corrected chi connectivity index (χ4v) is 9.39. The van der Waals surface area contributed by atoms with Crippen LogP contribution in [0.3, 0.4) is 0 Å². The van der Waals surface area contributed by atoms with Gasteiger partial charge in [0.25, 0.3) is 0 Å². The molecule has 57 heavy (non-hydrogen) atoms. The summed E-state index contributed by atoms with van der Waals surface area (Å²) in [4.78, 5) is 18.0. The van der Waals surface area contributed by atoms with Crippen LogP contribution >= 0.6 is 11.8 Å². The molecule has 0 bridgehead atoms. The molecule has 0 N–H and O–H groups in total. The second kappa shape index (κ2) is 13.9. The van der Waals surface area contributed by atoms with Gasteiger partial charge in [0.1, 0.15) is 0 Å². The van der Waals surface area contributed by atoms with Gasteiger partial charge in [-0.3, -0.25) is 0 Å². The summed E-state index contributed by atoms with van der Waals surface area (Å²) in [5.74, 6) is 1.90. The number of fused-ring (bicyclic) bond motifs is 5. The molecule has 1 aliphatic rings. The number of hydrogen-bond donors (Lipinski definition) is 0. The Morgan fingerprint density at radius 1 is 0.281 bits per heavy atom. The number of aromatic nitrogens is 3. The molecule has 2 heterocycles. The quantitative estimate of drug-likeness (QED) is 0.176. The zero-order valence-corrected chi connectivity index (χ0v) is 31.6. The molecule has 0 fully saturated rings. The smallest absolute Gasteiger partial charge is 0.164 e. The molecule has 0 atom stereocenters. The predicted molar refractivity (Wildman–Crippen MR) is 237 cm³/mol. The molecule has 0 saturated heterocycles. The van der Waals surface area contributed by atoms with Crippen LogP contribution in [-0.4, -0.2) is 15.0 Å². The first-order valence-corrected chi connectivity index (χ1v) is 20.0. The van der Waals surface area contributed by atoms with E-state index in [1.54, 1.807) is 0 Å². The Morgan fingerprint density at radius 3 is 1.54 bits per heavy atom. The lowest BCUT2D eigenvalue weighted by Crippen LogP contribution is -2.00. The Morgan fingerprint density at radius 2 is 0.772 bits per heavy atom. The van der Waals surface area contributed by atoms with Crippen LogP contribution in [0.1, 0.15) is 0 Å². The molecule has 0 saturated carbocycles. The summed E-state index contributed by atoms with van der Waals surface area (Å²) in [6.07, 6.45) is 0. The van der Waals surface area contributed by atoms with Crippen molar-refractivity contribution >= 4 is 33.3 Å². The highest BCUT2D eigenvalue weighted by molar-refractivity contribution is 7.99. The van der Waals surface area contributed by atoms with Gasteiger partial charge in [0.2, 0.25) is 0 Å². The Labute approximate surface area is 335 Å². The maximum absolute atomic E-state index is 5.20. The molecule has 11 rings (SSSR count). The van der Waals surface area contributed by atoms with Crippen molar-refractivity contribution in [3.05, 3.63) is 200 Å². The van der Waals surface area contributed by atoms with Gasteiger partial charge in [0.15, 0.2) is 17.5 Å². The number of benzene rings is 9. The third-order valence-electron chi connectivity index (χ3n) is 10.9. The second-order valence-electron chi connectivity index (χ2n) is 14.4. The van der Waals surface area contributed by atoms with Crippen LogP contribution in [0.5, 0.6) is 0 Å². The minimum absolute atomic E-state index is 0.630. The summed E-state index contributed by atoms with van der Waals surface area (Å²) in [6.45, 7) is 0. The number of nitrogens with zero attached hydrogens (tertiary/aromatic N) is 3. The van der Waals surface area contributed by atoms with Crippen LogP contribution in [-0.2, 0) is 0 Å². The molecule has 9 aromatic carbocycles. The first-order chi connectivity index (χ1) is 28.2. The zero-order valence-electron chi connectivity index (χ0n) is 30.8. The molecular weight excluding hydrogens is 711 g/mol. The molecule has 1 aromatic heterocycles. The SMILES string of the molecule is c1ccc(-c2cccc(-c3nc(-c4cccc(-c5cccc6c5Sc5ccccc5-c5cccc7cccc-6c57)c4)nc(-c4ccc5ccccc5c4)n3)c2)cc1. The molecule has 0 unspecified atom stereocenters. The average molecular weight is 744 g/mol. The van der Waals surface area contributed by atoms with Crippen molar-refractivity contribution in [2.75, 3.05) is 0 Å².